The molecule has 0 atom stereocenters. The van der Waals surface area contributed by atoms with E-state index < -0.39 is 4.30 Å². The Morgan fingerprint density at radius 2 is 1.30 bits per heavy atom. The predicted molar refractivity (Wildman–Crippen MR) is 52.9 cm³/mol. The van der Waals surface area contributed by atoms with Crippen LogP contribution in [-0.4, -0.2) is 4.30 Å². The Balaban J connectivity index is 0. The van der Waals surface area contributed by atoms with E-state index in [2.05, 4.69) is 0 Å². The number of hydrogen-bond donors (Lipinski definition) is 0. The van der Waals surface area contributed by atoms with Crippen molar-refractivity contribution >= 4 is 58.5 Å². The summed E-state index contributed by atoms with van der Waals surface area (Å²) < 4.78 is -0.750. The maximum absolute atomic E-state index is 4.81. The number of thiophene rings is 1. The zero-order valence-electron chi connectivity index (χ0n) is 4.84. The van der Waals surface area contributed by atoms with Crippen LogP contribution in [0, 0.1) is 0 Å². The Kier molecular flexibility index (Phi) is 13.3. The second-order valence-corrected chi connectivity index (χ2v) is 3.84. The Labute approximate surface area is 85.5 Å². The van der Waals surface area contributed by atoms with Crippen molar-refractivity contribution in [1.82, 2.24) is 0 Å². The molecule has 0 aliphatic rings. The van der Waals surface area contributed by atoms with Crippen molar-refractivity contribution in [3.63, 3.8) is 0 Å². The Morgan fingerprint density at radius 1 is 1.00 bits per heavy atom. The van der Waals surface area contributed by atoms with Crippen molar-refractivity contribution in [2.45, 2.75) is 4.30 Å². The first-order chi connectivity index (χ1) is 4.23. The molecule has 5 heteroatoms. The van der Waals surface area contributed by atoms with E-state index in [1.807, 2.05) is 22.9 Å². The molecule has 1 heterocycles. The second kappa shape index (κ2) is 9.86. The van der Waals surface area contributed by atoms with Crippen LogP contribution in [0.5, 0.6) is 0 Å². The summed E-state index contributed by atoms with van der Waals surface area (Å²) >= 11 is 16.1. The van der Waals surface area contributed by atoms with E-state index >= 15 is 0 Å². The van der Waals surface area contributed by atoms with E-state index in [1.54, 1.807) is 11.3 Å². The summed E-state index contributed by atoms with van der Waals surface area (Å²) in [5, 5.41) is 4.08. The Bertz CT molecular complexity index is 97.2. The van der Waals surface area contributed by atoms with E-state index in [0.717, 1.165) is 0 Å². The van der Waals surface area contributed by atoms with Gasteiger partial charge in [0.05, 0.1) is 0 Å². The van der Waals surface area contributed by atoms with Gasteiger partial charge in [0, 0.05) is 0 Å². The van der Waals surface area contributed by atoms with Gasteiger partial charge in [-0.3, -0.25) is 0 Å². The fourth-order valence-electron chi connectivity index (χ4n) is 0.227. The fraction of sp³-hybridized carbons (Fsp3) is 0.200. The molecule has 1 aromatic heterocycles. The van der Waals surface area contributed by atoms with Gasteiger partial charge in [-0.1, -0.05) is 46.9 Å². The molecule has 0 unspecified atom stereocenters. The van der Waals surface area contributed by atoms with Crippen LogP contribution < -0.4 is 0 Å². The maximum Gasteiger partial charge on any atom is 0.180 e. The lowest BCUT2D eigenvalue weighted by molar-refractivity contribution is 1.96. The number of halogens is 4. The molecule has 1 aromatic rings. The molecule has 0 fully saturated rings. The van der Waals surface area contributed by atoms with Crippen molar-refractivity contribution < 1.29 is 0 Å². The van der Waals surface area contributed by atoms with Crippen LogP contribution in [0.4, 0.5) is 0 Å². The Hall–Kier alpha value is 0.860. The molecule has 0 N–H and O–H groups in total. The third kappa shape index (κ3) is 15.9. The summed E-state index contributed by atoms with van der Waals surface area (Å²) in [7, 11) is 0. The van der Waals surface area contributed by atoms with Gasteiger partial charge >= 0.3 is 0 Å². The number of alkyl halides is 3. The molecule has 0 spiro atoms. The quantitative estimate of drug-likeness (QED) is 0.597. The minimum absolute atomic E-state index is 0. The van der Waals surface area contributed by atoms with Gasteiger partial charge in [-0.05, 0) is 10.8 Å². The van der Waals surface area contributed by atoms with Gasteiger partial charge in [0.15, 0.2) is 4.30 Å². The monoisotopic (exact) mass is 238 g/mol. The molecule has 60 valence electrons. The van der Waals surface area contributed by atoms with Crippen LogP contribution in [0.2, 0.25) is 0 Å². The topological polar surface area (TPSA) is 0 Å². The molecular weight excluding hydrogens is 234 g/mol. The van der Waals surface area contributed by atoms with Gasteiger partial charge in [0.1, 0.15) is 0 Å². The largest absolute Gasteiger partial charge is 0.180 e. The lowest BCUT2D eigenvalue weighted by atomic mass is 10.7. The molecule has 0 aliphatic heterocycles. The molecule has 0 radical (unpaired) electrons. The minimum Gasteiger partial charge on any atom is -0.152 e. The lowest BCUT2D eigenvalue weighted by Crippen LogP contribution is -1.55. The van der Waals surface area contributed by atoms with Crippen LogP contribution in [0.3, 0.4) is 0 Å². The van der Waals surface area contributed by atoms with Crippen molar-refractivity contribution in [3.8, 4) is 0 Å². The van der Waals surface area contributed by atoms with Gasteiger partial charge in [-0.25, -0.2) is 0 Å². The lowest BCUT2D eigenvalue weighted by Gasteiger charge is -1.69. The summed E-state index contributed by atoms with van der Waals surface area (Å²) in [6.07, 6.45) is 0. The van der Waals surface area contributed by atoms with Gasteiger partial charge < -0.3 is 0 Å². The zero-order chi connectivity index (χ0) is 7.11. The van der Waals surface area contributed by atoms with Gasteiger partial charge in [0.2, 0.25) is 0 Å². The molecule has 0 nitrogen and oxygen atoms in total. The molecule has 0 aliphatic carbocycles. The van der Waals surface area contributed by atoms with Crippen LogP contribution in [0.1, 0.15) is 0 Å². The normalized spacial score (nSPS) is 7.60. The standard InChI is InChI=1S/C4H4S.CHCl3.ClH/c1-2-4-5-3-1;2-1(3)4;/h1-4H;1H;1H. The summed E-state index contributed by atoms with van der Waals surface area (Å²) in [5.74, 6) is 0. The highest BCUT2D eigenvalue weighted by Crippen LogP contribution is 2.03. The average molecular weight is 240 g/mol. The highest BCUT2D eigenvalue weighted by Gasteiger charge is 1.78. The summed E-state index contributed by atoms with van der Waals surface area (Å²) in [6, 6.07) is 4.04. The molecule has 10 heavy (non-hydrogen) atoms. The third-order valence-electron chi connectivity index (χ3n) is 0.425. The average Bonchev–Trinajstić information content (AvgIpc) is 2.11. The first-order valence-corrected chi connectivity index (χ1v) is 4.38. The van der Waals surface area contributed by atoms with E-state index in [0.29, 0.717) is 0 Å². The first-order valence-electron chi connectivity index (χ1n) is 2.13. The second-order valence-electron chi connectivity index (χ2n) is 1.04. The Morgan fingerprint density at radius 3 is 1.40 bits per heavy atom. The zero-order valence-corrected chi connectivity index (χ0v) is 8.74. The van der Waals surface area contributed by atoms with Crippen molar-refractivity contribution in [1.29, 1.82) is 0 Å². The summed E-state index contributed by atoms with van der Waals surface area (Å²) in [5.41, 5.74) is 0. The molecule has 0 saturated heterocycles. The van der Waals surface area contributed by atoms with Crippen molar-refractivity contribution in [2.75, 3.05) is 0 Å². The van der Waals surface area contributed by atoms with E-state index in [4.69, 9.17) is 34.8 Å². The molecule has 0 saturated carbocycles. The van der Waals surface area contributed by atoms with Crippen LogP contribution in [0.15, 0.2) is 22.9 Å². The molecule has 0 aromatic carbocycles. The smallest absolute Gasteiger partial charge is 0.152 e. The highest BCUT2D eigenvalue weighted by atomic mass is 35.6. The SMILES string of the molecule is Cl.ClC(Cl)Cl.c1ccsc1. The summed E-state index contributed by atoms with van der Waals surface area (Å²) in [4.78, 5) is 0. The fourth-order valence-corrected chi connectivity index (χ4v) is 0.680. The number of rotatable bonds is 0. The first kappa shape index (κ1) is 13.4. The third-order valence-corrected chi connectivity index (χ3v) is 1.05. The van der Waals surface area contributed by atoms with Gasteiger partial charge in [-0.2, -0.15) is 11.3 Å². The van der Waals surface area contributed by atoms with Gasteiger partial charge in [0.25, 0.3) is 0 Å². The molecular formula is C5H6Cl4S. The van der Waals surface area contributed by atoms with Crippen LogP contribution in [-0.2, 0) is 0 Å². The number of hydrogen-bond acceptors (Lipinski definition) is 1. The summed E-state index contributed by atoms with van der Waals surface area (Å²) in [6.45, 7) is 0. The molecule has 0 amide bonds. The van der Waals surface area contributed by atoms with Crippen LogP contribution >= 0.6 is 58.5 Å². The maximum atomic E-state index is 4.81. The molecule has 0 bridgehead atoms. The van der Waals surface area contributed by atoms with E-state index in [-0.39, 0.29) is 12.4 Å². The van der Waals surface area contributed by atoms with E-state index in [9.17, 15) is 0 Å². The highest BCUT2D eigenvalue weighted by molar-refractivity contribution is 7.07. The van der Waals surface area contributed by atoms with Crippen molar-refractivity contribution in [3.05, 3.63) is 22.9 Å². The van der Waals surface area contributed by atoms with Crippen LogP contribution in [0.25, 0.3) is 0 Å². The van der Waals surface area contributed by atoms with Crippen molar-refractivity contribution in [2.24, 2.45) is 0 Å². The molecule has 1 rings (SSSR count). The van der Waals surface area contributed by atoms with Gasteiger partial charge in [-0.15, -0.1) is 12.4 Å². The predicted octanol–water partition coefficient (Wildman–Crippen LogP) is 4.16. The minimum atomic E-state index is -0.750. The van der Waals surface area contributed by atoms with E-state index in [1.165, 1.54) is 0 Å².